The van der Waals surface area contributed by atoms with Crippen LogP contribution in [0.4, 0.5) is 0 Å². The average Bonchev–Trinajstić information content (AvgIpc) is 3.37. The molecule has 1 aromatic carbocycles. The van der Waals surface area contributed by atoms with Gasteiger partial charge < -0.3 is 14.4 Å². The largest absolute Gasteiger partial charge is 0.492 e. The fourth-order valence-electron chi connectivity index (χ4n) is 3.20. The van der Waals surface area contributed by atoms with Gasteiger partial charge in [-0.1, -0.05) is 18.2 Å². The van der Waals surface area contributed by atoms with E-state index < -0.39 is 0 Å². The van der Waals surface area contributed by atoms with Gasteiger partial charge in [-0.2, -0.15) is 0 Å². The van der Waals surface area contributed by atoms with Crippen LogP contribution in [-0.2, 0) is 4.74 Å². The van der Waals surface area contributed by atoms with E-state index in [9.17, 15) is 4.79 Å². The Bertz CT molecular complexity index is 857. The third kappa shape index (κ3) is 4.25. The molecule has 4 rings (SSSR count). The summed E-state index contributed by atoms with van der Waals surface area (Å²) in [6.07, 6.45) is 7.27. The number of para-hydroxylation sites is 1. The molecule has 0 saturated carbocycles. The summed E-state index contributed by atoms with van der Waals surface area (Å²) in [5.74, 6) is 1.17. The van der Waals surface area contributed by atoms with Crippen molar-refractivity contribution in [2.24, 2.45) is 0 Å². The summed E-state index contributed by atoms with van der Waals surface area (Å²) in [6.45, 7) is 2.17. The van der Waals surface area contributed by atoms with E-state index in [1.165, 1.54) is 0 Å². The zero-order valence-electron chi connectivity index (χ0n) is 15.0. The molecule has 1 amide bonds. The smallest absolute Gasteiger partial charge is 0.274 e. The Hall–Kier alpha value is -2.93. The van der Waals surface area contributed by atoms with Crippen molar-refractivity contribution in [1.82, 2.24) is 19.3 Å². The minimum atomic E-state index is -0.132. The van der Waals surface area contributed by atoms with Crippen molar-refractivity contribution < 1.29 is 14.3 Å². The van der Waals surface area contributed by atoms with E-state index in [0.717, 1.165) is 25.2 Å². The molecule has 0 bridgehead atoms. The number of carbonyl (C=O) groups excluding carboxylic acids is 1. The monoisotopic (exact) mass is 366 g/mol. The number of aromatic nitrogens is 3. The molecule has 3 heterocycles. The number of nitrogens with zero attached hydrogens (tertiary/aromatic N) is 4. The predicted octanol–water partition coefficient (Wildman–Crippen LogP) is 2.43. The highest BCUT2D eigenvalue weighted by Gasteiger charge is 2.25. The first-order valence-electron chi connectivity index (χ1n) is 9.18. The van der Waals surface area contributed by atoms with Crippen LogP contribution in [0.25, 0.3) is 5.78 Å². The second-order valence-corrected chi connectivity index (χ2v) is 6.50. The lowest BCUT2D eigenvalue weighted by Gasteiger charge is -2.24. The molecule has 0 aliphatic carbocycles. The fourth-order valence-corrected chi connectivity index (χ4v) is 3.20. The topological polar surface area (TPSA) is 69.0 Å². The van der Waals surface area contributed by atoms with Crippen LogP contribution in [0.3, 0.4) is 0 Å². The quantitative estimate of drug-likeness (QED) is 0.642. The second kappa shape index (κ2) is 8.18. The van der Waals surface area contributed by atoms with E-state index >= 15 is 0 Å². The minimum absolute atomic E-state index is 0.0702. The van der Waals surface area contributed by atoms with Crippen LogP contribution in [0.1, 0.15) is 23.3 Å². The molecular formula is C20H22N4O3. The Morgan fingerprint density at radius 3 is 2.96 bits per heavy atom. The lowest BCUT2D eigenvalue weighted by Crippen LogP contribution is -2.40. The van der Waals surface area contributed by atoms with Crippen LogP contribution >= 0.6 is 0 Å². The van der Waals surface area contributed by atoms with Gasteiger partial charge in [0.2, 0.25) is 5.78 Å². The van der Waals surface area contributed by atoms with Crippen molar-refractivity contribution in [2.75, 3.05) is 26.3 Å². The maximum atomic E-state index is 13.1. The van der Waals surface area contributed by atoms with Crippen LogP contribution in [0.5, 0.6) is 5.75 Å². The molecule has 2 aromatic heterocycles. The van der Waals surface area contributed by atoms with Crippen molar-refractivity contribution in [1.29, 1.82) is 0 Å². The van der Waals surface area contributed by atoms with Crippen molar-refractivity contribution in [3.05, 3.63) is 60.7 Å². The molecule has 1 fully saturated rings. The average molecular weight is 366 g/mol. The van der Waals surface area contributed by atoms with Crippen LogP contribution in [0.2, 0.25) is 0 Å². The van der Waals surface area contributed by atoms with Crippen LogP contribution in [-0.4, -0.2) is 57.6 Å². The SMILES string of the molecule is O=C(c1cn2cccnc2n1)N(CCOc1ccccc1)CC1CCCO1. The van der Waals surface area contributed by atoms with Crippen molar-refractivity contribution >= 4 is 11.7 Å². The number of benzene rings is 1. The lowest BCUT2D eigenvalue weighted by molar-refractivity contribution is 0.0490. The van der Waals surface area contributed by atoms with E-state index in [1.54, 1.807) is 27.8 Å². The normalized spacial score (nSPS) is 16.5. The number of rotatable bonds is 7. The molecule has 7 heteroatoms. The molecule has 1 atom stereocenters. The summed E-state index contributed by atoms with van der Waals surface area (Å²) >= 11 is 0. The first kappa shape index (κ1) is 17.5. The Kier molecular flexibility index (Phi) is 5.29. The predicted molar refractivity (Wildman–Crippen MR) is 99.8 cm³/mol. The summed E-state index contributed by atoms with van der Waals surface area (Å²) in [4.78, 5) is 23.4. The fraction of sp³-hybridized carbons (Fsp3) is 0.350. The first-order valence-corrected chi connectivity index (χ1v) is 9.18. The van der Waals surface area contributed by atoms with Crippen LogP contribution in [0.15, 0.2) is 55.0 Å². The van der Waals surface area contributed by atoms with Crippen LogP contribution < -0.4 is 4.74 Å². The minimum Gasteiger partial charge on any atom is -0.492 e. The Balaban J connectivity index is 1.46. The molecule has 0 spiro atoms. The molecule has 3 aromatic rings. The number of imidazole rings is 1. The third-order valence-corrected chi connectivity index (χ3v) is 4.56. The van der Waals surface area contributed by atoms with E-state index in [0.29, 0.717) is 31.2 Å². The van der Waals surface area contributed by atoms with Gasteiger partial charge in [0.1, 0.15) is 18.1 Å². The van der Waals surface area contributed by atoms with Crippen molar-refractivity contribution in [3.63, 3.8) is 0 Å². The van der Waals surface area contributed by atoms with Gasteiger partial charge in [-0.25, -0.2) is 9.97 Å². The molecule has 1 unspecified atom stereocenters. The van der Waals surface area contributed by atoms with Crippen molar-refractivity contribution in [2.45, 2.75) is 18.9 Å². The maximum Gasteiger partial charge on any atom is 0.274 e. The number of hydrogen-bond donors (Lipinski definition) is 0. The van der Waals surface area contributed by atoms with Crippen molar-refractivity contribution in [3.8, 4) is 5.75 Å². The van der Waals surface area contributed by atoms with Gasteiger partial charge in [0.25, 0.3) is 5.91 Å². The number of amides is 1. The zero-order valence-corrected chi connectivity index (χ0v) is 15.0. The first-order chi connectivity index (χ1) is 13.3. The summed E-state index contributed by atoms with van der Waals surface area (Å²) < 4.78 is 13.2. The maximum absolute atomic E-state index is 13.1. The van der Waals surface area contributed by atoms with E-state index in [-0.39, 0.29) is 12.0 Å². The van der Waals surface area contributed by atoms with Gasteiger partial charge in [-0.3, -0.25) is 9.20 Å². The van der Waals surface area contributed by atoms with Gasteiger partial charge in [0, 0.05) is 31.7 Å². The molecule has 27 heavy (non-hydrogen) atoms. The molecule has 0 N–H and O–H groups in total. The zero-order chi connectivity index (χ0) is 18.5. The molecule has 1 aliphatic rings. The Labute approximate surface area is 157 Å². The molecule has 7 nitrogen and oxygen atoms in total. The molecule has 0 radical (unpaired) electrons. The summed E-state index contributed by atoms with van der Waals surface area (Å²) in [5.41, 5.74) is 0.381. The Morgan fingerprint density at radius 2 is 2.19 bits per heavy atom. The van der Waals surface area contributed by atoms with E-state index in [1.807, 2.05) is 36.5 Å². The van der Waals surface area contributed by atoms with E-state index in [2.05, 4.69) is 9.97 Å². The van der Waals surface area contributed by atoms with Gasteiger partial charge in [0.15, 0.2) is 0 Å². The summed E-state index contributed by atoms with van der Waals surface area (Å²) in [5, 5.41) is 0. The molecule has 140 valence electrons. The number of carbonyl (C=O) groups is 1. The highest BCUT2D eigenvalue weighted by Crippen LogP contribution is 2.16. The molecule has 1 aliphatic heterocycles. The highest BCUT2D eigenvalue weighted by atomic mass is 16.5. The number of ether oxygens (including phenoxy) is 2. The number of hydrogen-bond acceptors (Lipinski definition) is 5. The number of fused-ring (bicyclic) bond motifs is 1. The van der Waals surface area contributed by atoms with Crippen LogP contribution in [0, 0.1) is 0 Å². The van der Waals surface area contributed by atoms with Gasteiger partial charge in [0.05, 0.1) is 12.6 Å². The Morgan fingerprint density at radius 1 is 1.30 bits per heavy atom. The molecular weight excluding hydrogens is 344 g/mol. The van der Waals surface area contributed by atoms with E-state index in [4.69, 9.17) is 9.47 Å². The molecule has 1 saturated heterocycles. The second-order valence-electron chi connectivity index (χ2n) is 6.50. The summed E-state index contributed by atoms with van der Waals surface area (Å²) in [7, 11) is 0. The third-order valence-electron chi connectivity index (χ3n) is 4.56. The lowest BCUT2D eigenvalue weighted by atomic mass is 10.2. The standard InChI is InChI=1S/C20H22N4O3/c25-19(18-15-24-10-5-9-21-20(24)22-18)23(14-17-8-4-12-26-17)11-13-27-16-6-2-1-3-7-16/h1-3,5-7,9-10,15,17H,4,8,11-14H2. The van der Waals surface area contributed by atoms with Gasteiger partial charge in [-0.15, -0.1) is 0 Å². The summed E-state index contributed by atoms with van der Waals surface area (Å²) in [6, 6.07) is 11.4. The van der Waals surface area contributed by atoms with Gasteiger partial charge >= 0.3 is 0 Å². The highest BCUT2D eigenvalue weighted by molar-refractivity contribution is 5.92. The van der Waals surface area contributed by atoms with Gasteiger partial charge in [-0.05, 0) is 31.0 Å².